The van der Waals surface area contributed by atoms with Gasteiger partial charge in [-0.3, -0.25) is 9.80 Å². The number of aldehydes is 1. The maximum Gasteiger partial charge on any atom is 0.229 e. The van der Waals surface area contributed by atoms with E-state index in [1.54, 1.807) is 7.11 Å². The predicted molar refractivity (Wildman–Crippen MR) is 151 cm³/mol. The van der Waals surface area contributed by atoms with E-state index in [0.29, 0.717) is 13.0 Å². The van der Waals surface area contributed by atoms with E-state index in [1.165, 1.54) is 12.8 Å². The van der Waals surface area contributed by atoms with Gasteiger partial charge in [-0.2, -0.15) is 5.10 Å². The Labute approximate surface area is 226 Å². The number of carbonyl (C=O) groups is 2. The third kappa shape index (κ3) is 6.55. The van der Waals surface area contributed by atoms with E-state index in [4.69, 9.17) is 14.6 Å². The number of ether oxygens (including phenoxy) is 2. The van der Waals surface area contributed by atoms with Crippen LogP contribution in [0, 0.1) is 11.3 Å². The Hall–Kier alpha value is -3.35. The highest BCUT2D eigenvalue weighted by Gasteiger charge is 2.31. The molecule has 1 aliphatic carbocycles. The topological polar surface area (TPSA) is 80.2 Å². The molecule has 0 aromatic heterocycles. The molecule has 7 nitrogen and oxygen atoms in total. The lowest BCUT2D eigenvalue weighted by molar-refractivity contribution is -0.123. The van der Waals surface area contributed by atoms with Crippen LogP contribution in [-0.2, 0) is 16.1 Å². The molecule has 1 N–H and O–H groups in total. The molecule has 1 aliphatic heterocycles. The lowest BCUT2D eigenvalue weighted by atomic mass is 9.87. The summed E-state index contributed by atoms with van der Waals surface area (Å²) in [6.07, 6.45) is 7.36. The van der Waals surface area contributed by atoms with Gasteiger partial charge in [-0.05, 0) is 74.4 Å². The van der Waals surface area contributed by atoms with Crippen LogP contribution in [0.1, 0.15) is 77.3 Å². The lowest BCUT2D eigenvalue weighted by Gasteiger charge is -2.35. The molecule has 1 amide bonds. The second-order valence-corrected chi connectivity index (χ2v) is 11.4. The number of nitrogens with one attached hydrogen (secondary N) is 1. The molecule has 2 aromatic carbocycles. The Morgan fingerprint density at radius 2 is 1.82 bits per heavy atom. The van der Waals surface area contributed by atoms with Crippen LogP contribution < -0.4 is 14.8 Å². The summed E-state index contributed by atoms with van der Waals surface area (Å²) in [5.41, 5.74) is 3.28. The molecular weight excluding hydrogens is 478 g/mol. The molecular formula is C31H41N3O4. The van der Waals surface area contributed by atoms with Crippen LogP contribution >= 0.6 is 0 Å². The molecule has 1 heterocycles. The zero-order chi connectivity index (χ0) is 27.3. The van der Waals surface area contributed by atoms with Crippen molar-refractivity contribution in [1.82, 2.24) is 5.01 Å². The number of benzene rings is 2. The molecule has 2 unspecified atom stereocenters. The van der Waals surface area contributed by atoms with Gasteiger partial charge in [-0.15, -0.1) is 0 Å². The summed E-state index contributed by atoms with van der Waals surface area (Å²) in [6, 6.07) is 13.5. The Bertz CT molecular complexity index is 1150. The number of hydrazone groups is 1. The second kappa shape index (κ2) is 12.0. The molecule has 0 bridgehead atoms. The fraction of sp³-hybridized carbons (Fsp3) is 0.516. The van der Waals surface area contributed by atoms with Gasteiger partial charge in [-0.1, -0.05) is 39.8 Å². The van der Waals surface area contributed by atoms with Gasteiger partial charge in [0.15, 0.2) is 11.5 Å². The Balaban J connectivity index is 1.58. The number of anilines is 1. The van der Waals surface area contributed by atoms with Gasteiger partial charge in [0.05, 0.1) is 25.5 Å². The Kier molecular flexibility index (Phi) is 8.75. The van der Waals surface area contributed by atoms with Gasteiger partial charge in [-0.25, -0.2) is 0 Å². The van der Waals surface area contributed by atoms with Crippen molar-refractivity contribution >= 4 is 23.6 Å². The van der Waals surface area contributed by atoms with E-state index in [0.717, 1.165) is 59.6 Å². The predicted octanol–water partition coefficient (Wildman–Crippen LogP) is 6.20. The smallest absolute Gasteiger partial charge is 0.229 e. The van der Waals surface area contributed by atoms with Crippen LogP contribution in [0.4, 0.5) is 5.69 Å². The van der Waals surface area contributed by atoms with E-state index in [2.05, 4.69) is 12.2 Å². The fourth-order valence-corrected chi connectivity index (χ4v) is 5.06. The number of hydrogen-bond acceptors (Lipinski definition) is 6. The van der Waals surface area contributed by atoms with E-state index in [-0.39, 0.29) is 24.0 Å². The monoisotopic (exact) mass is 519 g/mol. The summed E-state index contributed by atoms with van der Waals surface area (Å²) < 4.78 is 11.9. The third-order valence-corrected chi connectivity index (χ3v) is 7.47. The highest BCUT2D eigenvalue weighted by atomic mass is 16.5. The van der Waals surface area contributed by atoms with Crippen LogP contribution in [0.5, 0.6) is 11.5 Å². The summed E-state index contributed by atoms with van der Waals surface area (Å²) in [5, 5.41) is 9.88. The molecule has 2 aromatic rings. The van der Waals surface area contributed by atoms with E-state index in [1.807, 2.05) is 68.2 Å². The molecule has 2 atom stereocenters. The number of hydrogen-bond donors (Lipinski definition) is 1. The summed E-state index contributed by atoms with van der Waals surface area (Å²) in [6.45, 7) is 8.30. The van der Waals surface area contributed by atoms with Crippen molar-refractivity contribution in [2.24, 2.45) is 16.4 Å². The van der Waals surface area contributed by atoms with Crippen LogP contribution in [0.2, 0.25) is 0 Å². The quantitative estimate of drug-likeness (QED) is 0.399. The SMILES string of the molecule is CCC1CC(C=O)N(Cc2ccc(NC(=O)C(C)(C)C)cc2)N=C1c1ccc(OC)c(OC2CCCC2)c1. The highest BCUT2D eigenvalue weighted by molar-refractivity contribution is 6.03. The van der Waals surface area contributed by atoms with Crippen molar-refractivity contribution in [1.29, 1.82) is 0 Å². The Morgan fingerprint density at radius 1 is 1.11 bits per heavy atom. The summed E-state index contributed by atoms with van der Waals surface area (Å²) in [5.74, 6) is 1.62. The van der Waals surface area contributed by atoms with Gasteiger partial charge < -0.3 is 19.6 Å². The molecule has 4 rings (SSSR count). The van der Waals surface area contributed by atoms with Gasteiger partial charge >= 0.3 is 0 Å². The molecule has 2 aliphatic rings. The first-order chi connectivity index (χ1) is 18.2. The number of rotatable bonds is 9. The molecule has 0 spiro atoms. The van der Waals surface area contributed by atoms with Gasteiger partial charge in [0.1, 0.15) is 12.3 Å². The van der Waals surface area contributed by atoms with Crippen molar-refractivity contribution in [2.75, 3.05) is 12.4 Å². The number of methoxy groups -OCH3 is 1. The number of amides is 1. The van der Waals surface area contributed by atoms with Crippen molar-refractivity contribution in [3.63, 3.8) is 0 Å². The molecule has 38 heavy (non-hydrogen) atoms. The van der Waals surface area contributed by atoms with Crippen LogP contribution in [0.15, 0.2) is 47.6 Å². The fourth-order valence-electron chi connectivity index (χ4n) is 5.06. The van der Waals surface area contributed by atoms with Gasteiger partial charge in [0, 0.05) is 22.6 Å². The van der Waals surface area contributed by atoms with E-state index < -0.39 is 5.41 Å². The summed E-state index contributed by atoms with van der Waals surface area (Å²) in [7, 11) is 1.67. The molecule has 204 valence electrons. The van der Waals surface area contributed by atoms with E-state index in [9.17, 15) is 9.59 Å². The minimum atomic E-state index is -0.464. The second-order valence-electron chi connectivity index (χ2n) is 11.4. The maximum absolute atomic E-state index is 12.3. The molecule has 0 saturated heterocycles. The lowest BCUT2D eigenvalue weighted by Crippen LogP contribution is -2.41. The summed E-state index contributed by atoms with van der Waals surface area (Å²) in [4.78, 5) is 24.4. The van der Waals surface area contributed by atoms with Crippen molar-refractivity contribution in [2.45, 2.75) is 84.9 Å². The Morgan fingerprint density at radius 3 is 2.42 bits per heavy atom. The van der Waals surface area contributed by atoms with E-state index >= 15 is 0 Å². The average molecular weight is 520 g/mol. The van der Waals surface area contributed by atoms with Crippen molar-refractivity contribution < 1.29 is 19.1 Å². The van der Waals surface area contributed by atoms with Gasteiger partial charge in [0.25, 0.3) is 0 Å². The number of nitrogens with zero attached hydrogens (tertiary/aromatic N) is 2. The zero-order valence-electron chi connectivity index (χ0n) is 23.3. The standard InChI is InChI=1S/C31H41N3O4/c1-6-22-17-25(20-35)34(19-21-11-14-24(15-12-21)32-30(36)31(2,3)4)33-29(22)23-13-16-27(37-5)28(18-23)38-26-9-7-8-10-26/h11-16,18,20,22,25-26H,6-10,17,19H2,1-5H3,(H,32,36). The minimum Gasteiger partial charge on any atom is -0.493 e. The minimum absolute atomic E-state index is 0.0297. The maximum atomic E-state index is 12.3. The molecule has 7 heteroatoms. The molecule has 0 radical (unpaired) electrons. The van der Waals surface area contributed by atoms with Crippen molar-refractivity contribution in [3.8, 4) is 11.5 Å². The van der Waals surface area contributed by atoms with Crippen molar-refractivity contribution in [3.05, 3.63) is 53.6 Å². The normalized spacial score (nSPS) is 20.1. The molecule has 1 saturated carbocycles. The molecule has 1 fully saturated rings. The van der Waals surface area contributed by atoms with Crippen LogP contribution in [-0.4, -0.2) is 42.2 Å². The summed E-state index contributed by atoms with van der Waals surface area (Å²) >= 11 is 0. The average Bonchev–Trinajstić information content (AvgIpc) is 3.42. The highest BCUT2D eigenvalue weighted by Crippen LogP contribution is 2.35. The zero-order valence-corrected chi connectivity index (χ0v) is 23.3. The van der Waals surface area contributed by atoms with Crippen LogP contribution in [0.3, 0.4) is 0 Å². The largest absolute Gasteiger partial charge is 0.493 e. The first-order valence-electron chi connectivity index (χ1n) is 13.8. The third-order valence-electron chi connectivity index (χ3n) is 7.47. The van der Waals surface area contributed by atoms with Crippen LogP contribution in [0.25, 0.3) is 0 Å². The first kappa shape index (κ1) is 27.7. The first-order valence-corrected chi connectivity index (χ1v) is 13.8. The van der Waals surface area contributed by atoms with Gasteiger partial charge in [0.2, 0.25) is 5.91 Å². The number of carbonyl (C=O) groups excluding carboxylic acids is 2.